The SMILES string of the molecule is CCOc1cc(C(=O)NC2CCC[N]2)c2ccccc2c1Br. The molecule has 1 heterocycles. The summed E-state index contributed by atoms with van der Waals surface area (Å²) in [5.41, 5.74) is 0.629. The van der Waals surface area contributed by atoms with E-state index in [2.05, 4.69) is 26.6 Å². The molecule has 0 aliphatic carbocycles. The number of ether oxygens (including phenoxy) is 1. The van der Waals surface area contributed by atoms with E-state index < -0.39 is 0 Å². The van der Waals surface area contributed by atoms with Gasteiger partial charge in [0.25, 0.3) is 5.91 Å². The number of rotatable bonds is 4. The highest BCUT2D eigenvalue weighted by molar-refractivity contribution is 9.10. The van der Waals surface area contributed by atoms with Gasteiger partial charge < -0.3 is 10.1 Å². The topological polar surface area (TPSA) is 52.4 Å². The van der Waals surface area contributed by atoms with Gasteiger partial charge in [0.1, 0.15) is 5.75 Å². The zero-order valence-corrected chi connectivity index (χ0v) is 14.0. The van der Waals surface area contributed by atoms with Crippen LogP contribution in [-0.2, 0) is 0 Å². The molecule has 0 bridgehead atoms. The van der Waals surface area contributed by atoms with Crippen LogP contribution < -0.4 is 15.4 Å². The van der Waals surface area contributed by atoms with Crippen molar-refractivity contribution in [3.05, 3.63) is 40.4 Å². The summed E-state index contributed by atoms with van der Waals surface area (Å²) in [4.78, 5) is 12.6. The largest absolute Gasteiger partial charge is 0.493 e. The number of hydrogen-bond acceptors (Lipinski definition) is 2. The van der Waals surface area contributed by atoms with Gasteiger partial charge in [0.2, 0.25) is 0 Å². The Bertz CT molecular complexity index is 696. The maximum atomic E-state index is 12.6. The van der Waals surface area contributed by atoms with Crippen LogP contribution in [0.1, 0.15) is 30.1 Å². The van der Waals surface area contributed by atoms with Crippen molar-refractivity contribution < 1.29 is 9.53 Å². The van der Waals surface area contributed by atoms with Crippen LogP contribution in [0.25, 0.3) is 10.8 Å². The van der Waals surface area contributed by atoms with Crippen LogP contribution in [0.3, 0.4) is 0 Å². The number of fused-ring (bicyclic) bond motifs is 1. The van der Waals surface area contributed by atoms with Crippen molar-refractivity contribution >= 4 is 32.6 Å². The highest BCUT2D eigenvalue weighted by Gasteiger charge is 2.21. The number of benzene rings is 2. The average molecular weight is 362 g/mol. The van der Waals surface area contributed by atoms with Crippen molar-refractivity contribution in [3.8, 4) is 5.75 Å². The first kappa shape index (κ1) is 15.3. The Morgan fingerprint density at radius 3 is 2.86 bits per heavy atom. The second-order valence-corrected chi connectivity index (χ2v) is 6.05. The van der Waals surface area contributed by atoms with Crippen molar-refractivity contribution in [2.45, 2.75) is 25.9 Å². The van der Waals surface area contributed by atoms with Crippen LogP contribution in [-0.4, -0.2) is 25.2 Å². The minimum absolute atomic E-state index is 0.0644. The predicted octanol–water partition coefficient (Wildman–Crippen LogP) is 3.46. The Kier molecular flexibility index (Phi) is 4.64. The van der Waals surface area contributed by atoms with Crippen LogP contribution in [0, 0.1) is 0 Å². The summed E-state index contributed by atoms with van der Waals surface area (Å²) >= 11 is 3.58. The lowest BCUT2D eigenvalue weighted by molar-refractivity contribution is 0.0934. The Hall–Kier alpha value is -1.59. The van der Waals surface area contributed by atoms with Gasteiger partial charge >= 0.3 is 0 Å². The van der Waals surface area contributed by atoms with Gasteiger partial charge in [0, 0.05) is 11.9 Å². The number of carbonyl (C=O) groups is 1. The third kappa shape index (κ3) is 2.96. The Morgan fingerprint density at radius 2 is 2.18 bits per heavy atom. The van der Waals surface area contributed by atoms with Crippen molar-refractivity contribution in [2.75, 3.05) is 13.2 Å². The van der Waals surface area contributed by atoms with Crippen LogP contribution in [0.15, 0.2) is 34.8 Å². The highest BCUT2D eigenvalue weighted by Crippen LogP contribution is 2.35. The van der Waals surface area contributed by atoms with Gasteiger partial charge in [-0.2, -0.15) is 0 Å². The Labute approximate surface area is 138 Å². The summed E-state index contributed by atoms with van der Waals surface area (Å²) in [6.07, 6.45) is 1.89. The van der Waals surface area contributed by atoms with Crippen molar-refractivity contribution in [2.24, 2.45) is 0 Å². The first-order valence-electron chi connectivity index (χ1n) is 7.52. The van der Waals surface area contributed by atoms with Crippen molar-refractivity contribution in [3.63, 3.8) is 0 Å². The highest BCUT2D eigenvalue weighted by atomic mass is 79.9. The molecule has 22 heavy (non-hydrogen) atoms. The van der Waals surface area contributed by atoms with Gasteiger partial charge in [-0.25, -0.2) is 5.32 Å². The number of halogens is 1. The van der Waals surface area contributed by atoms with E-state index in [9.17, 15) is 4.79 Å². The molecule has 1 fully saturated rings. The van der Waals surface area contributed by atoms with E-state index in [0.717, 1.165) is 34.6 Å². The minimum Gasteiger partial charge on any atom is -0.493 e. The molecule has 1 amide bonds. The predicted molar refractivity (Wildman–Crippen MR) is 90.3 cm³/mol. The average Bonchev–Trinajstić information content (AvgIpc) is 3.03. The van der Waals surface area contributed by atoms with Gasteiger partial charge in [-0.05, 0) is 47.1 Å². The standard InChI is InChI=1S/C17H18BrN2O2/c1-2-22-14-10-13(17(21)20-15-8-5-9-19-15)11-6-3-4-7-12(11)16(14)18/h3-4,6-7,10,15H,2,5,8-9H2,1H3,(H,20,21). The lowest BCUT2D eigenvalue weighted by Crippen LogP contribution is -2.38. The van der Waals surface area contributed by atoms with Crippen molar-refractivity contribution in [1.29, 1.82) is 0 Å². The molecular formula is C17H18BrN2O2. The molecule has 4 nitrogen and oxygen atoms in total. The second-order valence-electron chi connectivity index (χ2n) is 5.25. The van der Waals surface area contributed by atoms with Crippen LogP contribution in [0.2, 0.25) is 0 Å². The van der Waals surface area contributed by atoms with Crippen LogP contribution in [0.5, 0.6) is 5.75 Å². The number of carbonyl (C=O) groups excluding carboxylic acids is 1. The van der Waals surface area contributed by atoms with Gasteiger partial charge in [-0.3, -0.25) is 4.79 Å². The molecule has 0 saturated carbocycles. The normalized spacial score (nSPS) is 17.6. The summed E-state index contributed by atoms with van der Waals surface area (Å²) < 4.78 is 6.54. The molecule has 1 atom stereocenters. The second kappa shape index (κ2) is 6.67. The monoisotopic (exact) mass is 361 g/mol. The zero-order chi connectivity index (χ0) is 15.5. The maximum Gasteiger partial charge on any atom is 0.253 e. The number of amides is 1. The fourth-order valence-corrected chi connectivity index (χ4v) is 3.31. The molecular weight excluding hydrogens is 344 g/mol. The Morgan fingerprint density at radius 1 is 1.41 bits per heavy atom. The van der Waals surface area contributed by atoms with Crippen molar-refractivity contribution in [1.82, 2.24) is 10.6 Å². The van der Waals surface area contributed by atoms with Crippen LogP contribution in [0.4, 0.5) is 0 Å². The summed E-state index contributed by atoms with van der Waals surface area (Å²) in [6.45, 7) is 3.31. The number of hydrogen-bond donors (Lipinski definition) is 1. The summed E-state index contributed by atoms with van der Waals surface area (Å²) in [7, 11) is 0. The van der Waals surface area contributed by atoms with Gasteiger partial charge in [-0.1, -0.05) is 24.3 Å². The molecule has 0 aromatic heterocycles. The molecule has 5 heteroatoms. The van der Waals surface area contributed by atoms with E-state index in [1.54, 1.807) is 6.07 Å². The summed E-state index contributed by atoms with van der Waals surface area (Å²) in [5, 5.41) is 9.27. The van der Waals surface area contributed by atoms with Crippen LogP contribution >= 0.6 is 15.9 Å². The maximum absolute atomic E-state index is 12.6. The zero-order valence-electron chi connectivity index (χ0n) is 12.4. The Balaban J connectivity index is 2.02. The van der Waals surface area contributed by atoms with E-state index in [0.29, 0.717) is 17.9 Å². The number of nitrogens with zero attached hydrogens (tertiary/aromatic N) is 1. The minimum atomic E-state index is -0.0969. The van der Waals surface area contributed by atoms with E-state index in [-0.39, 0.29) is 12.1 Å². The molecule has 0 spiro atoms. The van der Waals surface area contributed by atoms with Gasteiger partial charge in [0.15, 0.2) is 0 Å². The van der Waals surface area contributed by atoms with E-state index >= 15 is 0 Å². The molecule has 115 valence electrons. The summed E-state index contributed by atoms with van der Waals surface area (Å²) in [5.74, 6) is 0.593. The number of nitrogens with one attached hydrogen (secondary N) is 1. The molecule has 1 unspecified atom stereocenters. The van der Waals surface area contributed by atoms with E-state index in [1.165, 1.54) is 0 Å². The molecule has 1 saturated heterocycles. The molecule has 2 aromatic carbocycles. The lowest BCUT2D eigenvalue weighted by atomic mass is 10.0. The summed E-state index contributed by atoms with van der Waals surface area (Å²) in [6, 6.07) is 9.64. The first-order valence-corrected chi connectivity index (χ1v) is 8.31. The molecule has 1 aliphatic rings. The molecule has 1 N–H and O–H groups in total. The smallest absolute Gasteiger partial charge is 0.253 e. The third-order valence-corrected chi connectivity index (χ3v) is 4.59. The first-order chi connectivity index (χ1) is 10.7. The molecule has 1 aliphatic heterocycles. The quantitative estimate of drug-likeness (QED) is 0.906. The van der Waals surface area contributed by atoms with Gasteiger partial charge in [0.05, 0.1) is 22.8 Å². The fraction of sp³-hybridized carbons (Fsp3) is 0.353. The molecule has 1 radical (unpaired) electrons. The van der Waals surface area contributed by atoms with E-state index in [4.69, 9.17) is 4.74 Å². The molecule has 2 aromatic rings. The third-order valence-electron chi connectivity index (χ3n) is 3.77. The lowest BCUT2D eigenvalue weighted by Gasteiger charge is -2.16. The fourth-order valence-electron chi connectivity index (χ4n) is 2.73. The van der Waals surface area contributed by atoms with E-state index in [1.807, 2.05) is 31.2 Å². The van der Waals surface area contributed by atoms with Gasteiger partial charge in [-0.15, -0.1) is 0 Å². The molecule has 3 rings (SSSR count).